The zero-order chi connectivity index (χ0) is 49.5. The van der Waals surface area contributed by atoms with Crippen molar-refractivity contribution < 1.29 is 0 Å². The molecule has 0 N–H and O–H groups in total. The van der Waals surface area contributed by atoms with Crippen LogP contribution < -0.4 is 4.90 Å². The molecule has 0 bridgehead atoms. The molecule has 0 fully saturated rings. The van der Waals surface area contributed by atoms with Crippen molar-refractivity contribution in [3.8, 4) is 55.6 Å². The SMILES string of the molecule is C1=CC2=C3C=C(N(c4ccc5c(c4)-c4ccccc4C54c5ccccc5-c5ccccc54)c4cccc5c4-c4ccccc4C54c5ccccc5-c5ccccc54)C=CC3C3(c4ccccc4-c4ccccc43)C2C=C1. The smallest absolute Gasteiger partial charge is 0.0726 e. The molecular formula is C75H47N. The molecule has 0 aliphatic heterocycles. The molecule has 0 aromatic heterocycles. The first-order valence-corrected chi connectivity index (χ1v) is 27.1. The predicted molar refractivity (Wildman–Crippen MR) is 310 cm³/mol. The minimum Gasteiger partial charge on any atom is -0.310 e. The van der Waals surface area contributed by atoms with E-state index in [0.29, 0.717) is 0 Å². The van der Waals surface area contributed by atoms with Crippen LogP contribution in [-0.4, -0.2) is 0 Å². The Bertz CT molecular complexity index is 4310. The number of hydrogen-bond donors (Lipinski definition) is 0. The maximum absolute atomic E-state index is 2.63. The third-order valence-electron chi connectivity index (χ3n) is 19.2. The normalized spacial score (nSPS) is 19.0. The molecule has 2 unspecified atom stereocenters. The van der Waals surface area contributed by atoms with Crippen LogP contribution in [0.3, 0.4) is 0 Å². The number of anilines is 2. The molecule has 8 aliphatic carbocycles. The van der Waals surface area contributed by atoms with Gasteiger partial charge in [0, 0.05) is 34.2 Å². The molecule has 3 spiro atoms. The van der Waals surface area contributed by atoms with E-state index in [0.717, 1.165) is 11.4 Å². The summed E-state index contributed by atoms with van der Waals surface area (Å²) in [6.45, 7) is 0. The molecule has 18 rings (SSSR count). The number of fused-ring (bicyclic) bond motifs is 29. The summed E-state index contributed by atoms with van der Waals surface area (Å²) in [6, 6.07) is 88.2. The maximum atomic E-state index is 2.63. The van der Waals surface area contributed by atoms with Crippen molar-refractivity contribution in [1.29, 1.82) is 0 Å². The summed E-state index contributed by atoms with van der Waals surface area (Å²) in [5.41, 5.74) is 31.9. The van der Waals surface area contributed by atoms with Crippen LogP contribution >= 0.6 is 0 Å². The van der Waals surface area contributed by atoms with E-state index in [4.69, 9.17) is 0 Å². The van der Waals surface area contributed by atoms with E-state index in [-0.39, 0.29) is 17.3 Å². The van der Waals surface area contributed by atoms with Gasteiger partial charge in [0.15, 0.2) is 0 Å². The van der Waals surface area contributed by atoms with Crippen molar-refractivity contribution in [3.05, 3.63) is 346 Å². The van der Waals surface area contributed by atoms with Crippen LogP contribution in [-0.2, 0) is 16.2 Å². The summed E-state index contributed by atoms with van der Waals surface area (Å²) in [7, 11) is 0. The van der Waals surface area contributed by atoms with Crippen LogP contribution in [0.2, 0.25) is 0 Å². The Kier molecular flexibility index (Phi) is 7.84. The fourth-order valence-electron chi connectivity index (χ4n) is 16.7. The van der Waals surface area contributed by atoms with Crippen LogP contribution in [0.4, 0.5) is 11.4 Å². The van der Waals surface area contributed by atoms with Crippen molar-refractivity contribution in [3.63, 3.8) is 0 Å². The molecule has 0 heterocycles. The summed E-state index contributed by atoms with van der Waals surface area (Å²) < 4.78 is 0. The van der Waals surface area contributed by atoms with Crippen LogP contribution in [0.5, 0.6) is 0 Å². The summed E-state index contributed by atoms with van der Waals surface area (Å²) >= 11 is 0. The highest BCUT2D eigenvalue weighted by atomic mass is 15.2. The Labute approximate surface area is 443 Å². The van der Waals surface area contributed by atoms with Crippen molar-refractivity contribution in [2.75, 3.05) is 4.90 Å². The minimum absolute atomic E-state index is 0.126. The molecule has 10 aromatic rings. The van der Waals surface area contributed by atoms with Crippen LogP contribution in [0.25, 0.3) is 55.6 Å². The molecule has 2 atom stereocenters. The van der Waals surface area contributed by atoms with E-state index >= 15 is 0 Å². The monoisotopic (exact) mass is 961 g/mol. The first-order chi connectivity index (χ1) is 37.7. The van der Waals surface area contributed by atoms with Gasteiger partial charge in [0.25, 0.3) is 0 Å². The van der Waals surface area contributed by atoms with Gasteiger partial charge in [0.1, 0.15) is 0 Å². The van der Waals surface area contributed by atoms with E-state index in [1.165, 1.54) is 128 Å². The van der Waals surface area contributed by atoms with Gasteiger partial charge in [-0.05, 0) is 147 Å². The molecule has 0 amide bonds. The number of hydrogen-bond acceptors (Lipinski definition) is 1. The Balaban J connectivity index is 0.910. The van der Waals surface area contributed by atoms with Gasteiger partial charge in [0.05, 0.1) is 16.5 Å². The topological polar surface area (TPSA) is 3.24 Å². The third kappa shape index (κ3) is 4.65. The van der Waals surface area contributed by atoms with Crippen molar-refractivity contribution in [1.82, 2.24) is 0 Å². The molecule has 1 nitrogen and oxygen atoms in total. The van der Waals surface area contributed by atoms with E-state index < -0.39 is 10.8 Å². The van der Waals surface area contributed by atoms with Gasteiger partial charge in [-0.1, -0.05) is 243 Å². The highest BCUT2D eigenvalue weighted by molar-refractivity contribution is 6.02. The lowest BCUT2D eigenvalue weighted by atomic mass is 9.62. The van der Waals surface area contributed by atoms with E-state index in [1.807, 2.05) is 0 Å². The molecule has 76 heavy (non-hydrogen) atoms. The standard InChI is InChI=1S/C75H47N/c1-10-29-59-48(20-1)49-21-2-11-30-60(49)73(59)65-35-16-7-26-54(65)57-44-46(40-42-68(57)73)76(47-41-43-69-58(45-47)55-27-8-17-36-66(55)74(69)61-31-12-3-22-50(61)51-23-4-13-32-62(51)74)71-39-19-38-70-72(71)56-28-9-18-37-67(56)75(70)63-33-14-5-24-52(63)53-25-6-15-34-64(53)75/h1-45,65,68H. The van der Waals surface area contributed by atoms with Gasteiger partial charge in [-0.15, -0.1) is 0 Å². The third-order valence-corrected chi connectivity index (χ3v) is 19.2. The highest BCUT2D eigenvalue weighted by Crippen LogP contribution is 2.69. The van der Waals surface area contributed by atoms with Crippen molar-refractivity contribution >= 4 is 11.4 Å². The Hall–Kier alpha value is -9.30. The lowest BCUT2D eigenvalue weighted by molar-refractivity contribution is 0.404. The minimum atomic E-state index is -0.479. The summed E-state index contributed by atoms with van der Waals surface area (Å²) in [6.07, 6.45) is 17.1. The molecule has 8 aliphatic rings. The number of allylic oxidation sites excluding steroid dienone is 9. The first-order valence-electron chi connectivity index (χ1n) is 27.1. The van der Waals surface area contributed by atoms with E-state index in [9.17, 15) is 0 Å². The Morgan fingerprint density at radius 1 is 0.303 bits per heavy atom. The fraction of sp³-hybridized carbons (Fsp3) is 0.0667. The van der Waals surface area contributed by atoms with Gasteiger partial charge in [-0.3, -0.25) is 0 Å². The number of benzene rings is 10. The maximum Gasteiger partial charge on any atom is 0.0726 e. The molecule has 352 valence electrons. The molecule has 10 aromatic carbocycles. The molecule has 0 saturated carbocycles. The molecule has 0 radical (unpaired) electrons. The van der Waals surface area contributed by atoms with Gasteiger partial charge in [-0.2, -0.15) is 0 Å². The number of rotatable bonds is 3. The van der Waals surface area contributed by atoms with Gasteiger partial charge < -0.3 is 4.90 Å². The van der Waals surface area contributed by atoms with Gasteiger partial charge in [0.2, 0.25) is 0 Å². The second kappa shape index (κ2) is 14.5. The average molecular weight is 962 g/mol. The van der Waals surface area contributed by atoms with E-state index in [2.05, 4.69) is 278 Å². The largest absolute Gasteiger partial charge is 0.310 e. The van der Waals surface area contributed by atoms with Crippen LogP contribution in [0.1, 0.15) is 55.6 Å². The zero-order valence-electron chi connectivity index (χ0n) is 41.6. The van der Waals surface area contributed by atoms with Crippen LogP contribution in [0.15, 0.2) is 290 Å². The van der Waals surface area contributed by atoms with Crippen molar-refractivity contribution in [2.24, 2.45) is 11.8 Å². The Morgan fingerprint density at radius 3 is 1.25 bits per heavy atom. The highest BCUT2D eigenvalue weighted by Gasteiger charge is 2.59. The average Bonchev–Trinajstić information content (AvgIpc) is 4.38. The van der Waals surface area contributed by atoms with Crippen molar-refractivity contribution in [2.45, 2.75) is 16.2 Å². The predicted octanol–water partition coefficient (Wildman–Crippen LogP) is 17.6. The van der Waals surface area contributed by atoms with Gasteiger partial charge in [-0.25, -0.2) is 0 Å². The van der Waals surface area contributed by atoms with Gasteiger partial charge >= 0.3 is 0 Å². The van der Waals surface area contributed by atoms with E-state index in [1.54, 1.807) is 0 Å². The second-order valence-corrected chi connectivity index (χ2v) is 22.0. The summed E-state index contributed by atoms with van der Waals surface area (Å²) in [4.78, 5) is 2.63. The zero-order valence-corrected chi connectivity index (χ0v) is 41.6. The first kappa shape index (κ1) is 41.1. The Morgan fingerprint density at radius 2 is 0.711 bits per heavy atom. The second-order valence-electron chi connectivity index (χ2n) is 22.0. The summed E-state index contributed by atoms with van der Waals surface area (Å²) in [5, 5.41) is 0. The fourth-order valence-corrected chi connectivity index (χ4v) is 16.7. The summed E-state index contributed by atoms with van der Waals surface area (Å²) in [5.74, 6) is 0.303. The molecule has 0 saturated heterocycles. The molecule has 1 heteroatoms. The quantitative estimate of drug-likeness (QED) is 0.171. The molecular weight excluding hydrogens is 915 g/mol. The lowest BCUT2D eigenvalue weighted by Gasteiger charge is -2.40. The number of nitrogens with zero attached hydrogens (tertiary/aromatic N) is 1. The van der Waals surface area contributed by atoms with Crippen LogP contribution in [0, 0.1) is 11.8 Å². The lowest BCUT2D eigenvalue weighted by Crippen LogP contribution is -2.38.